The van der Waals surface area contributed by atoms with Gasteiger partial charge in [-0.05, 0) is 13.3 Å². The van der Waals surface area contributed by atoms with Crippen LogP contribution in [0.25, 0.3) is 16.0 Å². The minimum Gasteiger partial charge on any atom is -0.354 e. The van der Waals surface area contributed by atoms with Crippen molar-refractivity contribution in [3.8, 4) is 0 Å². The Bertz CT molecular complexity index is 955. The summed E-state index contributed by atoms with van der Waals surface area (Å²) in [6.07, 6.45) is 2.22. The van der Waals surface area contributed by atoms with E-state index in [2.05, 4.69) is 20.4 Å². The van der Waals surface area contributed by atoms with E-state index >= 15 is 0 Å². The third kappa shape index (κ3) is 2.84. The van der Waals surface area contributed by atoms with Gasteiger partial charge in [0.2, 0.25) is 5.91 Å². The number of rotatable bonds is 5. The molecule has 0 unspecified atom stereocenters. The molecule has 0 fully saturated rings. The molecule has 0 radical (unpaired) electrons. The molecule has 0 aliphatic rings. The lowest BCUT2D eigenvalue weighted by Gasteiger charge is -2.10. The molecule has 10 heteroatoms. The van der Waals surface area contributed by atoms with Gasteiger partial charge in [-0.15, -0.1) is 5.10 Å². The molecule has 0 bridgehead atoms. The number of amides is 1. The molecule has 1 N–H and O–H groups in total. The van der Waals surface area contributed by atoms with Crippen LogP contribution in [0.3, 0.4) is 0 Å². The van der Waals surface area contributed by atoms with E-state index in [-0.39, 0.29) is 18.5 Å². The van der Waals surface area contributed by atoms with Crippen molar-refractivity contribution in [2.45, 2.75) is 32.9 Å². The molecule has 128 valence electrons. The number of hydrogen-bond acceptors (Lipinski definition) is 7. The summed E-state index contributed by atoms with van der Waals surface area (Å²) < 4.78 is 3.22. The van der Waals surface area contributed by atoms with Crippen LogP contribution in [0, 0.1) is 0 Å². The fraction of sp³-hybridized carbons (Fsp3) is 0.500. The second-order valence-electron chi connectivity index (χ2n) is 5.80. The lowest BCUT2D eigenvalue weighted by molar-refractivity contribution is -0.122. The van der Waals surface area contributed by atoms with Crippen LogP contribution < -0.4 is 15.9 Å². The predicted molar refractivity (Wildman–Crippen MR) is 92.6 cm³/mol. The fourth-order valence-electron chi connectivity index (χ4n) is 2.18. The Morgan fingerprint density at radius 3 is 2.88 bits per heavy atom. The standard InChI is InChI=1S/C14H19N7O2S/c1-5-8(2)16-9(22)6-21-14(23)20-7-15-11-10(12(20)18-21)24-13(17-11)19(3)4/h7-8H,5-6H2,1-4H3,(H,16,22)/t8-/m1/s1. The monoisotopic (exact) mass is 349 g/mol. The third-order valence-electron chi connectivity index (χ3n) is 3.66. The Morgan fingerprint density at radius 1 is 1.46 bits per heavy atom. The van der Waals surface area contributed by atoms with Crippen molar-refractivity contribution < 1.29 is 4.79 Å². The Balaban J connectivity index is 2.02. The quantitative estimate of drug-likeness (QED) is 0.720. The summed E-state index contributed by atoms with van der Waals surface area (Å²) in [6, 6.07) is 0.0581. The Kier molecular flexibility index (Phi) is 4.22. The summed E-state index contributed by atoms with van der Waals surface area (Å²) in [5, 5.41) is 7.91. The van der Waals surface area contributed by atoms with Gasteiger partial charge in [0.15, 0.2) is 16.4 Å². The Labute approximate surface area is 141 Å². The first-order chi connectivity index (χ1) is 11.4. The highest BCUT2D eigenvalue weighted by Gasteiger charge is 2.17. The Morgan fingerprint density at radius 2 is 2.21 bits per heavy atom. The maximum atomic E-state index is 12.4. The summed E-state index contributed by atoms with van der Waals surface area (Å²) in [7, 11) is 3.78. The smallest absolute Gasteiger partial charge is 0.352 e. The van der Waals surface area contributed by atoms with E-state index < -0.39 is 5.69 Å². The third-order valence-corrected chi connectivity index (χ3v) is 4.87. The zero-order valence-electron chi connectivity index (χ0n) is 14.0. The number of nitrogens with one attached hydrogen (secondary N) is 1. The number of hydrogen-bond donors (Lipinski definition) is 1. The van der Waals surface area contributed by atoms with E-state index in [0.29, 0.717) is 11.3 Å². The molecule has 3 aromatic heterocycles. The second kappa shape index (κ2) is 6.19. The van der Waals surface area contributed by atoms with Gasteiger partial charge < -0.3 is 10.2 Å². The zero-order valence-corrected chi connectivity index (χ0v) is 14.8. The molecule has 9 nitrogen and oxygen atoms in total. The van der Waals surface area contributed by atoms with Crippen LogP contribution in [0.5, 0.6) is 0 Å². The first-order valence-corrected chi connectivity index (χ1v) is 8.43. The van der Waals surface area contributed by atoms with E-state index in [1.165, 1.54) is 22.1 Å². The molecule has 0 spiro atoms. The largest absolute Gasteiger partial charge is 0.354 e. The first kappa shape index (κ1) is 16.4. The van der Waals surface area contributed by atoms with Crippen LogP contribution in [0.2, 0.25) is 0 Å². The lowest BCUT2D eigenvalue weighted by atomic mass is 10.2. The van der Waals surface area contributed by atoms with E-state index in [9.17, 15) is 9.59 Å². The number of carbonyl (C=O) groups excluding carboxylic acids is 1. The summed E-state index contributed by atoms with van der Waals surface area (Å²) in [6.45, 7) is 3.78. The maximum absolute atomic E-state index is 12.4. The van der Waals surface area contributed by atoms with Gasteiger partial charge in [-0.2, -0.15) is 4.98 Å². The van der Waals surface area contributed by atoms with E-state index in [1.54, 1.807) is 0 Å². The summed E-state index contributed by atoms with van der Waals surface area (Å²) >= 11 is 1.41. The van der Waals surface area contributed by atoms with Gasteiger partial charge in [-0.1, -0.05) is 18.3 Å². The molecule has 0 aromatic carbocycles. The van der Waals surface area contributed by atoms with Gasteiger partial charge in [0, 0.05) is 20.1 Å². The molecule has 0 saturated carbocycles. The summed E-state index contributed by atoms with van der Waals surface area (Å²) in [5.74, 6) is -0.239. The van der Waals surface area contributed by atoms with Gasteiger partial charge in [0.1, 0.15) is 17.6 Å². The molecule has 0 saturated heterocycles. The highest BCUT2D eigenvalue weighted by Crippen LogP contribution is 2.28. The van der Waals surface area contributed by atoms with Gasteiger partial charge >= 0.3 is 5.69 Å². The van der Waals surface area contributed by atoms with Crippen LogP contribution in [0.1, 0.15) is 20.3 Å². The molecule has 1 atom stereocenters. The second-order valence-corrected chi connectivity index (χ2v) is 6.78. The normalized spacial score (nSPS) is 12.7. The fourth-order valence-corrected chi connectivity index (χ4v) is 3.10. The highest BCUT2D eigenvalue weighted by atomic mass is 32.1. The van der Waals surface area contributed by atoms with Crippen molar-refractivity contribution >= 4 is 38.4 Å². The predicted octanol–water partition coefficient (Wildman–Crippen LogP) is 0.481. The molecule has 0 aliphatic heterocycles. The molecule has 0 aliphatic carbocycles. The average molecular weight is 349 g/mol. The van der Waals surface area contributed by atoms with Gasteiger partial charge in [0.25, 0.3) is 0 Å². The minimum absolute atomic E-state index is 0.0581. The number of fused-ring (bicyclic) bond motifs is 3. The number of thiazole rings is 1. The molecule has 24 heavy (non-hydrogen) atoms. The molecule has 3 heterocycles. The molecular formula is C14H19N7O2S. The number of anilines is 1. The van der Waals surface area contributed by atoms with Gasteiger partial charge in [-0.25, -0.2) is 18.9 Å². The van der Waals surface area contributed by atoms with Crippen LogP contribution in [-0.4, -0.2) is 50.2 Å². The average Bonchev–Trinajstić information content (AvgIpc) is 3.09. The van der Waals surface area contributed by atoms with Crippen molar-refractivity contribution in [1.82, 2.24) is 29.5 Å². The number of aromatic nitrogens is 5. The van der Waals surface area contributed by atoms with Crippen LogP contribution in [0.15, 0.2) is 11.1 Å². The highest BCUT2D eigenvalue weighted by molar-refractivity contribution is 7.22. The van der Waals surface area contributed by atoms with Crippen LogP contribution in [0.4, 0.5) is 5.13 Å². The van der Waals surface area contributed by atoms with Gasteiger partial charge in [-0.3, -0.25) is 4.79 Å². The zero-order chi connectivity index (χ0) is 17.4. The van der Waals surface area contributed by atoms with Crippen molar-refractivity contribution in [3.05, 3.63) is 16.8 Å². The maximum Gasteiger partial charge on any atom is 0.352 e. The van der Waals surface area contributed by atoms with E-state index in [4.69, 9.17) is 0 Å². The molecular weight excluding hydrogens is 330 g/mol. The van der Waals surface area contributed by atoms with Crippen molar-refractivity contribution in [2.24, 2.45) is 0 Å². The minimum atomic E-state index is -0.390. The SMILES string of the molecule is CC[C@@H](C)NC(=O)Cn1nc2c3sc(N(C)C)nc3ncn2c1=O. The van der Waals surface area contributed by atoms with Crippen molar-refractivity contribution in [1.29, 1.82) is 0 Å². The Hall–Kier alpha value is -2.49. The molecule has 3 rings (SSSR count). The first-order valence-electron chi connectivity index (χ1n) is 7.62. The molecule has 1 amide bonds. The van der Waals surface area contributed by atoms with Crippen LogP contribution >= 0.6 is 11.3 Å². The van der Waals surface area contributed by atoms with Crippen LogP contribution in [-0.2, 0) is 11.3 Å². The van der Waals surface area contributed by atoms with Gasteiger partial charge in [0.05, 0.1) is 0 Å². The van der Waals surface area contributed by atoms with E-state index in [1.807, 2.05) is 32.8 Å². The lowest BCUT2D eigenvalue weighted by Crippen LogP contribution is -2.37. The topological polar surface area (TPSA) is 97.4 Å². The number of carbonyl (C=O) groups is 1. The summed E-state index contributed by atoms with van der Waals surface area (Å²) in [5.41, 5.74) is 0.614. The summed E-state index contributed by atoms with van der Waals surface area (Å²) in [4.78, 5) is 34.9. The molecule has 3 aromatic rings. The van der Waals surface area contributed by atoms with E-state index in [0.717, 1.165) is 20.9 Å². The number of nitrogens with zero attached hydrogens (tertiary/aromatic N) is 6. The van der Waals surface area contributed by atoms with Crippen molar-refractivity contribution in [2.75, 3.05) is 19.0 Å². The van der Waals surface area contributed by atoms with Crippen molar-refractivity contribution in [3.63, 3.8) is 0 Å².